The summed E-state index contributed by atoms with van der Waals surface area (Å²) in [7, 11) is 0. The molecule has 0 aliphatic heterocycles. The number of hydrogen-bond acceptors (Lipinski definition) is 4. The highest BCUT2D eigenvalue weighted by Gasteiger charge is 2.64. The number of aromatic carboxylic acids is 1. The molecule has 1 aliphatic rings. The first-order chi connectivity index (χ1) is 8.68. The number of nitrogens with two attached hydrogens (primary N) is 1. The molecule has 0 amide bonds. The second-order valence-electron chi connectivity index (χ2n) is 6.34. The minimum Gasteiger partial charge on any atom is -0.478 e. The van der Waals surface area contributed by atoms with Crippen molar-refractivity contribution in [1.29, 1.82) is 0 Å². The van der Waals surface area contributed by atoms with E-state index in [1.807, 2.05) is 0 Å². The fraction of sp³-hybridized carbons (Fsp3) is 0.571. The lowest BCUT2D eigenvalue weighted by Gasteiger charge is -2.08. The lowest BCUT2D eigenvalue weighted by molar-refractivity contribution is 0.0698. The molecule has 0 unspecified atom stereocenters. The van der Waals surface area contributed by atoms with Crippen LogP contribution >= 0.6 is 0 Å². The van der Waals surface area contributed by atoms with Gasteiger partial charge in [-0.05, 0) is 22.8 Å². The molecule has 5 nitrogen and oxygen atoms in total. The predicted octanol–water partition coefficient (Wildman–Crippen LogP) is 2.46. The van der Waals surface area contributed by atoms with Crippen LogP contribution in [-0.4, -0.2) is 22.6 Å². The van der Waals surface area contributed by atoms with E-state index in [0.717, 1.165) is 6.54 Å². The van der Waals surface area contributed by atoms with Crippen LogP contribution in [-0.2, 0) is 0 Å². The fourth-order valence-corrected chi connectivity index (χ4v) is 2.80. The third-order valence-corrected chi connectivity index (χ3v) is 4.97. The van der Waals surface area contributed by atoms with E-state index < -0.39 is 5.97 Å². The van der Waals surface area contributed by atoms with Crippen LogP contribution in [0, 0.1) is 16.7 Å². The van der Waals surface area contributed by atoms with E-state index in [1.54, 1.807) is 0 Å². The van der Waals surface area contributed by atoms with Gasteiger partial charge >= 0.3 is 5.97 Å². The van der Waals surface area contributed by atoms with Crippen molar-refractivity contribution in [3.63, 3.8) is 0 Å². The lowest BCUT2D eigenvalue weighted by Crippen LogP contribution is -2.11. The summed E-state index contributed by atoms with van der Waals surface area (Å²) in [5, 5.41) is 12.2. The second kappa shape index (κ2) is 4.11. The van der Waals surface area contributed by atoms with Gasteiger partial charge in [0, 0.05) is 6.54 Å². The Morgan fingerprint density at radius 3 is 2.47 bits per heavy atom. The molecule has 2 rings (SSSR count). The first-order valence-corrected chi connectivity index (χ1v) is 6.40. The molecular formula is C14H21N3O2. The van der Waals surface area contributed by atoms with Crippen LogP contribution in [0.25, 0.3) is 0 Å². The minimum absolute atomic E-state index is 0.0896. The summed E-state index contributed by atoms with van der Waals surface area (Å²) >= 11 is 0. The Kier molecular flexibility index (Phi) is 2.96. The average molecular weight is 263 g/mol. The second-order valence-corrected chi connectivity index (χ2v) is 6.34. The van der Waals surface area contributed by atoms with Gasteiger partial charge in [0.05, 0.1) is 17.4 Å². The number of nitrogen functional groups attached to an aromatic ring is 1. The number of nitrogens with zero attached hydrogens (tertiary/aromatic N) is 1. The highest BCUT2D eigenvalue weighted by molar-refractivity contribution is 5.94. The van der Waals surface area contributed by atoms with Crippen molar-refractivity contribution in [1.82, 2.24) is 4.98 Å². The quantitative estimate of drug-likeness (QED) is 0.776. The Morgan fingerprint density at radius 1 is 1.42 bits per heavy atom. The van der Waals surface area contributed by atoms with Crippen molar-refractivity contribution < 1.29 is 9.90 Å². The third-order valence-electron chi connectivity index (χ3n) is 4.97. The summed E-state index contributed by atoms with van der Waals surface area (Å²) in [5.74, 6) is 0.0766. The number of carboxylic acids is 1. The summed E-state index contributed by atoms with van der Waals surface area (Å²) in [5.41, 5.74) is 6.44. The molecule has 1 aromatic rings. The standard InChI is InChI=1S/C14H21N3O2/c1-13(2)10(14(13,3)4)7-17-11-5-8(12(18)19)9(15)6-16-11/h5-6,10H,7,15H2,1-4H3,(H,16,17)(H,18,19). The van der Waals surface area contributed by atoms with E-state index in [1.165, 1.54) is 12.3 Å². The zero-order valence-corrected chi connectivity index (χ0v) is 11.8. The maximum Gasteiger partial charge on any atom is 0.337 e. The van der Waals surface area contributed by atoms with Gasteiger partial charge in [-0.3, -0.25) is 0 Å². The SMILES string of the molecule is CC1(C)C(CNc2cc(C(=O)O)c(N)cn2)C1(C)C. The van der Waals surface area contributed by atoms with Crippen molar-refractivity contribution in [3.8, 4) is 0 Å². The van der Waals surface area contributed by atoms with Crippen molar-refractivity contribution in [2.24, 2.45) is 16.7 Å². The number of carbonyl (C=O) groups is 1. The van der Waals surface area contributed by atoms with Crippen LogP contribution in [0.2, 0.25) is 0 Å². The molecule has 0 aromatic carbocycles. The van der Waals surface area contributed by atoms with Crippen molar-refractivity contribution in [2.75, 3.05) is 17.6 Å². The Bertz CT molecular complexity index is 509. The molecule has 1 fully saturated rings. The van der Waals surface area contributed by atoms with E-state index in [9.17, 15) is 4.79 Å². The van der Waals surface area contributed by atoms with Crippen LogP contribution in [0.4, 0.5) is 11.5 Å². The Morgan fingerprint density at radius 2 is 2.00 bits per heavy atom. The lowest BCUT2D eigenvalue weighted by atomic mass is 10.0. The first-order valence-electron chi connectivity index (χ1n) is 6.40. The molecule has 4 N–H and O–H groups in total. The minimum atomic E-state index is -1.03. The zero-order chi connectivity index (χ0) is 14.4. The largest absolute Gasteiger partial charge is 0.478 e. The first kappa shape index (κ1) is 13.6. The molecule has 1 saturated carbocycles. The summed E-state index contributed by atoms with van der Waals surface area (Å²) in [6, 6.07) is 1.49. The zero-order valence-electron chi connectivity index (χ0n) is 11.8. The highest BCUT2D eigenvalue weighted by atomic mass is 16.4. The molecule has 19 heavy (non-hydrogen) atoms. The molecule has 0 saturated heterocycles. The summed E-state index contributed by atoms with van der Waals surface area (Å²) in [4.78, 5) is 15.1. The number of pyridine rings is 1. The smallest absolute Gasteiger partial charge is 0.337 e. The van der Waals surface area contributed by atoms with Gasteiger partial charge < -0.3 is 16.2 Å². The number of nitrogens with one attached hydrogen (secondary N) is 1. The predicted molar refractivity (Wildman–Crippen MR) is 75.2 cm³/mol. The molecule has 1 aliphatic carbocycles. The maximum atomic E-state index is 11.0. The number of carboxylic acid groups (broad SMARTS) is 1. The van der Waals surface area contributed by atoms with Crippen LogP contribution in [0.15, 0.2) is 12.3 Å². The molecule has 1 heterocycles. The molecular weight excluding hydrogens is 242 g/mol. The van der Waals surface area contributed by atoms with E-state index in [4.69, 9.17) is 10.8 Å². The molecule has 5 heteroatoms. The van der Waals surface area contributed by atoms with Gasteiger partial charge in [0.25, 0.3) is 0 Å². The molecule has 0 spiro atoms. The average Bonchev–Trinajstić information content (AvgIpc) is 2.68. The normalized spacial score (nSPS) is 20.0. The van der Waals surface area contributed by atoms with E-state index in [2.05, 4.69) is 38.0 Å². The maximum absolute atomic E-state index is 11.0. The van der Waals surface area contributed by atoms with E-state index >= 15 is 0 Å². The van der Waals surface area contributed by atoms with E-state index in [-0.39, 0.29) is 11.3 Å². The monoisotopic (exact) mass is 263 g/mol. The van der Waals surface area contributed by atoms with Crippen molar-refractivity contribution in [3.05, 3.63) is 17.8 Å². The number of aromatic nitrogens is 1. The molecule has 1 aromatic heterocycles. The van der Waals surface area contributed by atoms with Gasteiger partial charge in [-0.25, -0.2) is 9.78 Å². The molecule has 0 radical (unpaired) electrons. The van der Waals surface area contributed by atoms with Crippen LogP contribution < -0.4 is 11.1 Å². The Balaban J connectivity index is 2.06. The molecule has 0 bridgehead atoms. The van der Waals surface area contributed by atoms with Gasteiger partial charge in [-0.1, -0.05) is 27.7 Å². The van der Waals surface area contributed by atoms with Gasteiger partial charge in [-0.15, -0.1) is 0 Å². The van der Waals surface area contributed by atoms with Crippen molar-refractivity contribution in [2.45, 2.75) is 27.7 Å². The molecule has 104 valence electrons. The van der Waals surface area contributed by atoms with Crippen LogP contribution in [0.3, 0.4) is 0 Å². The summed E-state index contributed by atoms with van der Waals surface area (Å²) in [6.45, 7) is 9.78. The van der Waals surface area contributed by atoms with Gasteiger partial charge in [0.15, 0.2) is 0 Å². The summed E-state index contributed by atoms with van der Waals surface area (Å²) in [6.07, 6.45) is 1.38. The van der Waals surface area contributed by atoms with Gasteiger partial charge in [-0.2, -0.15) is 0 Å². The third kappa shape index (κ3) is 2.13. The van der Waals surface area contributed by atoms with Crippen LogP contribution in [0.5, 0.6) is 0 Å². The Hall–Kier alpha value is -1.78. The fourth-order valence-electron chi connectivity index (χ4n) is 2.80. The van der Waals surface area contributed by atoms with Crippen LogP contribution in [0.1, 0.15) is 38.1 Å². The van der Waals surface area contributed by atoms with E-state index in [0.29, 0.717) is 22.6 Å². The topological polar surface area (TPSA) is 88.2 Å². The summed E-state index contributed by atoms with van der Waals surface area (Å²) < 4.78 is 0. The van der Waals surface area contributed by atoms with Gasteiger partial charge in [0.1, 0.15) is 5.82 Å². The van der Waals surface area contributed by atoms with Gasteiger partial charge in [0.2, 0.25) is 0 Å². The highest BCUT2D eigenvalue weighted by Crippen LogP contribution is 2.68. The number of anilines is 2. The molecule has 0 atom stereocenters. The number of hydrogen-bond donors (Lipinski definition) is 3. The number of rotatable bonds is 4. The van der Waals surface area contributed by atoms with Crippen molar-refractivity contribution >= 4 is 17.5 Å². The Labute approximate surface area is 113 Å².